The molecular weight excluding hydrogens is 514 g/mol. The number of β-amino-alcohol motifs (C(OH)–C–C–N with tert-alkyl or cyclic N) is 1. The van der Waals surface area contributed by atoms with E-state index >= 15 is 0 Å². The third-order valence-corrected chi connectivity index (χ3v) is 13.5. The summed E-state index contributed by atoms with van der Waals surface area (Å²) in [6.07, 6.45) is 14.6. The monoisotopic (exact) mass is 561 g/mol. The maximum atomic E-state index is 14.6. The summed E-state index contributed by atoms with van der Waals surface area (Å²) in [6, 6.07) is 7.60. The average Bonchev–Trinajstić information content (AvgIpc) is 3.53. The minimum absolute atomic E-state index is 0.0381. The van der Waals surface area contributed by atoms with Gasteiger partial charge in [0.05, 0.1) is 25.4 Å². The topological polar surface area (TPSA) is 90.2 Å². The lowest BCUT2D eigenvalue weighted by atomic mass is 9.32. The zero-order chi connectivity index (χ0) is 28.8. The molecule has 0 amide bonds. The van der Waals surface area contributed by atoms with Crippen LogP contribution in [0.25, 0.3) is 0 Å². The zero-order valence-corrected chi connectivity index (χ0v) is 24.9. The van der Waals surface area contributed by atoms with E-state index in [0.717, 1.165) is 69.2 Å². The number of carbonyl (C=O) groups is 1. The van der Waals surface area contributed by atoms with E-state index in [4.69, 9.17) is 4.74 Å². The molecule has 4 fully saturated rings. The number of hydrogen-bond donors (Lipinski definition) is 3. The van der Waals surface area contributed by atoms with Crippen molar-refractivity contribution in [1.82, 2.24) is 4.90 Å². The fourth-order valence-electron chi connectivity index (χ4n) is 11.1. The second-order valence-corrected chi connectivity index (χ2v) is 14.8. The van der Waals surface area contributed by atoms with E-state index in [0.29, 0.717) is 18.5 Å². The van der Waals surface area contributed by atoms with E-state index in [1.54, 1.807) is 7.11 Å². The van der Waals surface area contributed by atoms with Crippen LogP contribution >= 0.6 is 0 Å². The first-order valence-electron chi connectivity index (χ1n) is 15.9. The molecule has 222 valence electrons. The number of rotatable bonds is 6. The minimum atomic E-state index is -0.868. The van der Waals surface area contributed by atoms with E-state index in [2.05, 4.69) is 37.0 Å². The lowest BCUT2D eigenvalue weighted by Crippen LogP contribution is -2.67. The van der Waals surface area contributed by atoms with Crippen LogP contribution in [0.3, 0.4) is 0 Å². The third kappa shape index (κ3) is 3.54. The molecule has 1 unspecified atom stereocenters. The van der Waals surface area contributed by atoms with Gasteiger partial charge in [-0.2, -0.15) is 0 Å². The second kappa shape index (κ2) is 9.25. The number of allylic oxidation sites excluding steroid dienone is 4. The van der Waals surface area contributed by atoms with Crippen molar-refractivity contribution in [3.63, 3.8) is 0 Å². The number of benzene rings is 1. The molecule has 1 aliphatic heterocycles. The van der Waals surface area contributed by atoms with Crippen molar-refractivity contribution in [2.75, 3.05) is 26.8 Å². The molecule has 1 aromatic rings. The van der Waals surface area contributed by atoms with Crippen LogP contribution in [-0.4, -0.2) is 70.6 Å². The van der Waals surface area contributed by atoms with Gasteiger partial charge in [-0.1, -0.05) is 32.1 Å². The van der Waals surface area contributed by atoms with Crippen molar-refractivity contribution in [3.8, 4) is 5.75 Å². The van der Waals surface area contributed by atoms with Gasteiger partial charge in [-0.25, -0.2) is 0 Å². The number of ether oxygens (including phenoxy) is 1. The Morgan fingerprint density at radius 2 is 1.71 bits per heavy atom. The number of aliphatic hydroxyl groups is 3. The number of aliphatic hydroxyl groups excluding tert-OH is 2. The van der Waals surface area contributed by atoms with Gasteiger partial charge < -0.3 is 20.1 Å². The summed E-state index contributed by atoms with van der Waals surface area (Å²) < 4.78 is 5.37. The van der Waals surface area contributed by atoms with Crippen LogP contribution in [0.4, 0.5) is 0 Å². The molecule has 1 heterocycles. The van der Waals surface area contributed by atoms with Crippen molar-refractivity contribution < 1.29 is 24.9 Å². The summed E-state index contributed by atoms with van der Waals surface area (Å²) in [7, 11) is 1.64. The lowest BCUT2D eigenvalue weighted by molar-refractivity contribution is -0.177. The number of methoxy groups -OCH3 is 1. The first-order valence-corrected chi connectivity index (χ1v) is 15.9. The Kier molecular flexibility index (Phi) is 6.28. The fourth-order valence-corrected chi connectivity index (χ4v) is 11.1. The largest absolute Gasteiger partial charge is 0.497 e. The molecule has 1 aromatic carbocycles. The van der Waals surface area contributed by atoms with Gasteiger partial charge in [-0.3, -0.25) is 9.69 Å². The maximum Gasteiger partial charge on any atom is 0.189 e. The summed E-state index contributed by atoms with van der Waals surface area (Å²) in [4.78, 5) is 16.9. The summed E-state index contributed by atoms with van der Waals surface area (Å²) in [5.74, 6) is 1.23. The van der Waals surface area contributed by atoms with Gasteiger partial charge in [0.1, 0.15) is 5.75 Å². The molecule has 0 aromatic heterocycles. The number of hydrogen-bond acceptors (Lipinski definition) is 6. The Labute approximate surface area is 244 Å². The summed E-state index contributed by atoms with van der Waals surface area (Å²) in [6.45, 7) is 6.38. The quantitative estimate of drug-likeness (QED) is 0.337. The molecule has 1 saturated heterocycles. The lowest BCUT2D eigenvalue weighted by Gasteiger charge is -2.71. The Hall–Kier alpha value is -1.99. The van der Waals surface area contributed by atoms with Crippen molar-refractivity contribution in [2.45, 2.75) is 89.4 Å². The van der Waals surface area contributed by atoms with Crippen molar-refractivity contribution in [2.24, 2.45) is 33.5 Å². The molecule has 6 nitrogen and oxygen atoms in total. The van der Waals surface area contributed by atoms with Crippen LogP contribution in [-0.2, 0) is 0 Å². The van der Waals surface area contributed by atoms with Crippen molar-refractivity contribution >= 4 is 5.78 Å². The summed E-state index contributed by atoms with van der Waals surface area (Å²) in [5.41, 5.74) is -0.482. The number of nitrogens with zero attached hydrogens (tertiary/aromatic N) is 1. The third-order valence-electron chi connectivity index (χ3n) is 13.5. The standard InChI is InChI=1S/C35H47NO5/c1-31-13-10-25(38)19-33(31)16-17-35(27(20-33)30(39)23-6-8-26(41-3)9-7-23)28(31)11-14-32(2)29(35)12-15-34(32,40)22-36-18-4-5-24(36)21-37/h6-9,16-17,20,24-25,28-29,37-38,40H,4-5,10-15,18-19,21-22H2,1-3H3/t24-,25?,28+,29+,31+,32-,33-,34+,35+/m0/s1. The normalized spacial score (nSPS) is 46.5. The highest BCUT2D eigenvalue weighted by Crippen LogP contribution is 2.78. The molecule has 2 spiro atoms. The molecule has 41 heavy (non-hydrogen) atoms. The Balaban J connectivity index is 1.34. The first-order chi connectivity index (χ1) is 19.6. The smallest absolute Gasteiger partial charge is 0.189 e. The van der Waals surface area contributed by atoms with Crippen LogP contribution in [0, 0.1) is 33.5 Å². The van der Waals surface area contributed by atoms with E-state index in [-0.39, 0.29) is 52.6 Å². The molecular formula is C35H47NO5. The van der Waals surface area contributed by atoms with Crippen molar-refractivity contribution in [1.29, 1.82) is 0 Å². The van der Waals surface area contributed by atoms with E-state index < -0.39 is 11.0 Å². The molecule has 6 aliphatic carbocycles. The van der Waals surface area contributed by atoms with Crippen LogP contribution in [0.15, 0.2) is 48.1 Å². The first kappa shape index (κ1) is 27.8. The second-order valence-electron chi connectivity index (χ2n) is 14.8. The highest BCUT2D eigenvalue weighted by Gasteiger charge is 2.74. The highest BCUT2D eigenvalue weighted by atomic mass is 16.5. The van der Waals surface area contributed by atoms with Gasteiger partial charge in [0, 0.05) is 40.0 Å². The van der Waals surface area contributed by atoms with E-state index in [9.17, 15) is 20.1 Å². The molecule has 7 aliphatic rings. The number of carbonyl (C=O) groups excluding carboxylic acids is 1. The van der Waals surface area contributed by atoms with Gasteiger partial charge in [-0.15, -0.1) is 0 Å². The van der Waals surface area contributed by atoms with Gasteiger partial charge in [-0.05, 0) is 106 Å². The van der Waals surface area contributed by atoms with Crippen molar-refractivity contribution in [3.05, 3.63) is 53.6 Å². The van der Waals surface area contributed by atoms with Gasteiger partial charge in [0.25, 0.3) is 0 Å². The molecule has 2 bridgehead atoms. The van der Waals surface area contributed by atoms with Crippen LogP contribution < -0.4 is 4.74 Å². The minimum Gasteiger partial charge on any atom is -0.497 e. The molecule has 3 N–H and O–H groups in total. The van der Waals surface area contributed by atoms with Crippen LogP contribution in [0.2, 0.25) is 0 Å². The number of ketones is 1. The number of fused-ring (bicyclic) bond motifs is 1. The molecule has 9 atom stereocenters. The van der Waals surface area contributed by atoms with Gasteiger partial charge in [0.15, 0.2) is 5.78 Å². The maximum absolute atomic E-state index is 14.6. The van der Waals surface area contributed by atoms with Gasteiger partial charge >= 0.3 is 0 Å². The predicted octanol–water partition coefficient (Wildman–Crippen LogP) is 4.93. The Bertz CT molecular complexity index is 1290. The molecule has 0 radical (unpaired) electrons. The number of Topliss-reactive ketones (excluding diaryl/α,β-unsaturated/α-hetero) is 1. The zero-order valence-electron chi connectivity index (χ0n) is 24.9. The molecule has 6 heteroatoms. The van der Waals surface area contributed by atoms with E-state index in [1.165, 1.54) is 0 Å². The molecule has 8 rings (SSSR count). The molecule has 3 saturated carbocycles. The summed E-state index contributed by atoms with van der Waals surface area (Å²) >= 11 is 0. The summed E-state index contributed by atoms with van der Waals surface area (Å²) in [5, 5.41) is 33.5. The van der Waals surface area contributed by atoms with Gasteiger partial charge in [0.2, 0.25) is 0 Å². The highest BCUT2D eigenvalue weighted by molar-refractivity contribution is 6.10. The van der Waals surface area contributed by atoms with Crippen LogP contribution in [0.5, 0.6) is 5.75 Å². The SMILES string of the molecule is COc1ccc(C(=O)C2=C[C@@]34C=C[C@@]25[C@@H]2CC[C@@](O)(CN6CCC[C@H]6CO)[C@@]2(C)CC[C@@H]5[C@@]3(C)CCC(O)C4)cc1. The fraction of sp³-hybridized carbons (Fsp3) is 0.686. The van der Waals surface area contributed by atoms with Crippen LogP contribution in [0.1, 0.15) is 82.0 Å². The Morgan fingerprint density at radius 3 is 2.44 bits per heavy atom. The number of likely N-dealkylation sites (tertiary alicyclic amines) is 1. The average molecular weight is 562 g/mol. The Morgan fingerprint density at radius 1 is 1.00 bits per heavy atom. The predicted molar refractivity (Wildman–Crippen MR) is 158 cm³/mol. The van der Waals surface area contributed by atoms with E-state index in [1.807, 2.05) is 24.3 Å².